The van der Waals surface area contributed by atoms with Crippen LogP contribution < -0.4 is 11.3 Å². The number of rotatable bonds is 2. The van der Waals surface area contributed by atoms with Crippen molar-refractivity contribution in [1.29, 1.82) is 0 Å². The molecule has 0 radical (unpaired) electrons. The number of benzene rings is 1. The number of nitrogens with two attached hydrogens (primary N) is 1. The Morgan fingerprint density at radius 3 is 2.88 bits per heavy atom. The predicted molar refractivity (Wildman–Crippen MR) is 65.4 cm³/mol. The third kappa shape index (κ3) is 2.36. The van der Waals surface area contributed by atoms with Crippen molar-refractivity contribution in [2.45, 2.75) is 13.5 Å². The van der Waals surface area contributed by atoms with E-state index in [1.54, 1.807) is 25.3 Å². The topological polar surface area (TPSA) is 48.0 Å². The van der Waals surface area contributed by atoms with Gasteiger partial charge in [-0.3, -0.25) is 4.79 Å². The lowest BCUT2D eigenvalue weighted by Gasteiger charge is -2.09. The van der Waals surface area contributed by atoms with Gasteiger partial charge >= 0.3 is 0 Å². The first kappa shape index (κ1) is 11.4. The number of nitrogens with zero attached hydrogens (tertiary/aromatic N) is 1. The van der Waals surface area contributed by atoms with Gasteiger partial charge in [0, 0.05) is 17.4 Å². The maximum atomic E-state index is 13.1. The molecule has 0 amide bonds. The summed E-state index contributed by atoms with van der Waals surface area (Å²) < 4.78 is 14.6. The van der Waals surface area contributed by atoms with Gasteiger partial charge < -0.3 is 10.3 Å². The zero-order valence-electron chi connectivity index (χ0n) is 9.48. The molecular formula is C13H13FN2O. The molecule has 0 fully saturated rings. The van der Waals surface area contributed by atoms with Crippen LogP contribution in [-0.2, 0) is 6.54 Å². The van der Waals surface area contributed by atoms with Crippen LogP contribution in [0.2, 0.25) is 0 Å². The molecule has 0 bridgehead atoms. The number of halogens is 1. The van der Waals surface area contributed by atoms with Gasteiger partial charge in [-0.05, 0) is 36.8 Å². The van der Waals surface area contributed by atoms with Crippen molar-refractivity contribution in [3.05, 3.63) is 63.8 Å². The maximum Gasteiger partial charge on any atom is 0.253 e. The van der Waals surface area contributed by atoms with Crippen LogP contribution in [0.5, 0.6) is 0 Å². The molecule has 2 N–H and O–H groups in total. The van der Waals surface area contributed by atoms with E-state index in [0.717, 1.165) is 0 Å². The lowest BCUT2D eigenvalue weighted by Crippen LogP contribution is -2.22. The van der Waals surface area contributed by atoms with E-state index in [-0.39, 0.29) is 17.9 Å². The number of anilines is 1. The van der Waals surface area contributed by atoms with Gasteiger partial charge in [-0.2, -0.15) is 0 Å². The van der Waals surface area contributed by atoms with Crippen molar-refractivity contribution in [1.82, 2.24) is 4.57 Å². The SMILES string of the molecule is Cc1cccn(Cc2cc(F)ccc2N)c1=O. The summed E-state index contributed by atoms with van der Waals surface area (Å²) >= 11 is 0. The molecular weight excluding hydrogens is 219 g/mol. The standard InChI is InChI=1S/C13H13FN2O/c1-9-3-2-6-16(13(9)17)8-10-7-11(14)4-5-12(10)15/h2-7H,8,15H2,1H3. The van der Waals surface area contributed by atoms with Gasteiger partial charge in [-0.1, -0.05) is 6.07 Å². The highest BCUT2D eigenvalue weighted by atomic mass is 19.1. The van der Waals surface area contributed by atoms with Gasteiger partial charge in [-0.25, -0.2) is 4.39 Å². The first-order valence-corrected chi connectivity index (χ1v) is 5.28. The number of aromatic nitrogens is 1. The fraction of sp³-hybridized carbons (Fsp3) is 0.154. The van der Waals surface area contributed by atoms with Gasteiger partial charge in [0.25, 0.3) is 5.56 Å². The summed E-state index contributed by atoms with van der Waals surface area (Å²) in [5, 5.41) is 0. The first-order chi connectivity index (χ1) is 8.08. The lowest BCUT2D eigenvalue weighted by molar-refractivity contribution is 0.623. The van der Waals surface area contributed by atoms with E-state index in [9.17, 15) is 9.18 Å². The Bertz CT molecular complexity index is 605. The molecule has 0 saturated heterocycles. The zero-order valence-corrected chi connectivity index (χ0v) is 9.48. The van der Waals surface area contributed by atoms with Crippen molar-refractivity contribution in [3.8, 4) is 0 Å². The van der Waals surface area contributed by atoms with E-state index in [2.05, 4.69) is 0 Å². The van der Waals surface area contributed by atoms with Crippen molar-refractivity contribution >= 4 is 5.69 Å². The smallest absolute Gasteiger partial charge is 0.253 e. The molecule has 1 aromatic carbocycles. The van der Waals surface area contributed by atoms with Gasteiger partial charge in [-0.15, -0.1) is 0 Å². The number of hydrogen-bond acceptors (Lipinski definition) is 2. The quantitative estimate of drug-likeness (QED) is 0.804. The summed E-state index contributed by atoms with van der Waals surface area (Å²) in [6.07, 6.45) is 1.67. The van der Waals surface area contributed by atoms with E-state index >= 15 is 0 Å². The van der Waals surface area contributed by atoms with E-state index < -0.39 is 0 Å². The van der Waals surface area contributed by atoms with Gasteiger partial charge in [0.1, 0.15) is 5.82 Å². The first-order valence-electron chi connectivity index (χ1n) is 5.28. The fourth-order valence-corrected chi connectivity index (χ4v) is 1.68. The molecule has 1 heterocycles. The van der Waals surface area contributed by atoms with Crippen LogP contribution in [0.3, 0.4) is 0 Å². The van der Waals surface area contributed by atoms with Gasteiger partial charge in [0.15, 0.2) is 0 Å². The molecule has 1 aromatic heterocycles. The van der Waals surface area contributed by atoms with E-state index in [4.69, 9.17) is 5.73 Å². The zero-order chi connectivity index (χ0) is 12.4. The molecule has 0 aliphatic heterocycles. The Kier molecular flexibility index (Phi) is 2.95. The van der Waals surface area contributed by atoms with Crippen LogP contribution in [0.1, 0.15) is 11.1 Å². The minimum Gasteiger partial charge on any atom is -0.398 e. The summed E-state index contributed by atoms with van der Waals surface area (Å²) in [5.41, 5.74) is 7.41. The second-order valence-electron chi connectivity index (χ2n) is 3.97. The lowest BCUT2D eigenvalue weighted by atomic mass is 10.1. The molecule has 0 spiro atoms. The third-order valence-electron chi connectivity index (χ3n) is 2.66. The highest BCUT2D eigenvalue weighted by molar-refractivity contribution is 5.46. The Labute approximate surface area is 98.3 Å². The van der Waals surface area contributed by atoms with Crippen molar-refractivity contribution < 1.29 is 4.39 Å². The van der Waals surface area contributed by atoms with Gasteiger partial charge in [0.05, 0.1) is 6.54 Å². The third-order valence-corrected chi connectivity index (χ3v) is 2.66. The van der Waals surface area contributed by atoms with Crippen LogP contribution in [0.4, 0.5) is 10.1 Å². The second-order valence-corrected chi connectivity index (χ2v) is 3.97. The maximum absolute atomic E-state index is 13.1. The van der Waals surface area contributed by atoms with Crippen LogP contribution >= 0.6 is 0 Å². The largest absolute Gasteiger partial charge is 0.398 e. The monoisotopic (exact) mass is 232 g/mol. The number of hydrogen-bond donors (Lipinski definition) is 1. The minimum absolute atomic E-state index is 0.0869. The van der Waals surface area contributed by atoms with Crippen molar-refractivity contribution in [2.24, 2.45) is 0 Å². The van der Waals surface area contributed by atoms with Crippen molar-refractivity contribution in [3.63, 3.8) is 0 Å². The molecule has 0 unspecified atom stereocenters. The highest BCUT2D eigenvalue weighted by Crippen LogP contribution is 2.14. The molecule has 17 heavy (non-hydrogen) atoms. The molecule has 88 valence electrons. The Morgan fingerprint density at radius 1 is 1.35 bits per heavy atom. The Balaban J connectivity index is 2.41. The summed E-state index contributed by atoms with van der Waals surface area (Å²) in [4.78, 5) is 11.8. The molecule has 4 heteroatoms. The summed E-state index contributed by atoms with van der Waals surface area (Å²) in [6, 6.07) is 7.69. The van der Waals surface area contributed by atoms with Gasteiger partial charge in [0.2, 0.25) is 0 Å². The predicted octanol–water partition coefficient (Wildman–Crippen LogP) is 1.93. The van der Waals surface area contributed by atoms with Crippen LogP contribution in [-0.4, -0.2) is 4.57 Å². The number of aryl methyl sites for hydroxylation is 1. The van der Waals surface area contributed by atoms with E-state index in [1.165, 1.54) is 22.8 Å². The molecule has 0 saturated carbocycles. The average molecular weight is 232 g/mol. The summed E-state index contributed by atoms with van der Waals surface area (Å²) in [7, 11) is 0. The highest BCUT2D eigenvalue weighted by Gasteiger charge is 2.04. The van der Waals surface area contributed by atoms with Crippen LogP contribution in [0.25, 0.3) is 0 Å². The summed E-state index contributed by atoms with van der Waals surface area (Å²) in [5.74, 6) is -0.352. The fourth-order valence-electron chi connectivity index (χ4n) is 1.68. The van der Waals surface area contributed by atoms with Crippen molar-refractivity contribution in [2.75, 3.05) is 5.73 Å². The Hall–Kier alpha value is -2.10. The molecule has 2 rings (SSSR count). The van der Waals surface area contributed by atoms with E-state index in [1.807, 2.05) is 0 Å². The number of pyridine rings is 1. The molecule has 3 nitrogen and oxygen atoms in total. The number of nitrogen functional groups attached to an aromatic ring is 1. The van der Waals surface area contributed by atoms with Crippen LogP contribution in [0, 0.1) is 12.7 Å². The molecule has 0 aliphatic rings. The molecule has 2 aromatic rings. The molecule has 0 aliphatic carbocycles. The summed E-state index contributed by atoms with van der Waals surface area (Å²) in [6.45, 7) is 2.03. The molecule has 0 atom stereocenters. The second kappa shape index (κ2) is 4.41. The normalized spacial score (nSPS) is 10.5. The minimum atomic E-state index is -0.352. The Morgan fingerprint density at radius 2 is 2.12 bits per heavy atom. The van der Waals surface area contributed by atoms with Crippen LogP contribution in [0.15, 0.2) is 41.3 Å². The average Bonchev–Trinajstić information content (AvgIpc) is 2.30. The van der Waals surface area contributed by atoms with E-state index in [0.29, 0.717) is 16.8 Å².